The number of carbonyl (C=O) groups excluding carboxylic acids is 1. The second-order valence-electron chi connectivity index (χ2n) is 5.32. The van der Waals surface area contributed by atoms with Gasteiger partial charge in [0.15, 0.2) is 0 Å². The van der Waals surface area contributed by atoms with Gasteiger partial charge < -0.3 is 10.6 Å². The first-order valence-electron chi connectivity index (χ1n) is 6.72. The Kier molecular flexibility index (Phi) is 5.92. The molecule has 1 aliphatic heterocycles. The molecule has 2 atom stereocenters. The molecule has 0 bridgehead atoms. The van der Waals surface area contributed by atoms with E-state index in [4.69, 9.17) is 5.73 Å². The number of rotatable bonds is 6. The van der Waals surface area contributed by atoms with Crippen LogP contribution in [0.25, 0.3) is 0 Å². The molecule has 1 rings (SSSR count). The predicted molar refractivity (Wildman–Crippen MR) is 70.7 cm³/mol. The molecule has 1 saturated heterocycles. The van der Waals surface area contributed by atoms with E-state index in [-0.39, 0.29) is 11.9 Å². The number of likely N-dealkylation sites (tertiary alicyclic amines) is 1. The van der Waals surface area contributed by atoms with Crippen molar-refractivity contribution in [3.63, 3.8) is 0 Å². The van der Waals surface area contributed by atoms with Crippen LogP contribution in [0.5, 0.6) is 0 Å². The molecular formula is C13H27N3O. The Bertz CT molecular complexity index is 243. The van der Waals surface area contributed by atoms with Crippen LogP contribution in [0.3, 0.4) is 0 Å². The number of nitrogens with two attached hydrogens (primary N) is 1. The van der Waals surface area contributed by atoms with Crippen LogP contribution in [0.4, 0.5) is 0 Å². The zero-order valence-corrected chi connectivity index (χ0v) is 11.5. The van der Waals surface area contributed by atoms with Crippen molar-refractivity contribution >= 4 is 5.91 Å². The lowest BCUT2D eigenvalue weighted by atomic mass is 10.0. The highest BCUT2D eigenvalue weighted by atomic mass is 16.2. The summed E-state index contributed by atoms with van der Waals surface area (Å²) >= 11 is 0. The molecule has 17 heavy (non-hydrogen) atoms. The van der Waals surface area contributed by atoms with Gasteiger partial charge in [0.25, 0.3) is 0 Å². The Morgan fingerprint density at radius 2 is 2.24 bits per heavy atom. The van der Waals surface area contributed by atoms with E-state index in [1.165, 1.54) is 19.3 Å². The molecule has 1 fully saturated rings. The smallest absolute Gasteiger partial charge is 0.223 e. The summed E-state index contributed by atoms with van der Waals surface area (Å²) in [6.07, 6.45) is 4.38. The first kappa shape index (κ1) is 14.5. The Hall–Kier alpha value is -0.610. The molecule has 1 aliphatic rings. The van der Waals surface area contributed by atoms with E-state index in [2.05, 4.69) is 11.8 Å². The topological polar surface area (TPSA) is 49.6 Å². The molecule has 2 N–H and O–H groups in total. The van der Waals surface area contributed by atoms with E-state index in [0.29, 0.717) is 13.0 Å². The molecule has 2 unspecified atom stereocenters. The van der Waals surface area contributed by atoms with Crippen LogP contribution in [0.1, 0.15) is 32.6 Å². The molecule has 4 heteroatoms. The van der Waals surface area contributed by atoms with Gasteiger partial charge in [-0.25, -0.2) is 0 Å². The van der Waals surface area contributed by atoms with Gasteiger partial charge in [0.1, 0.15) is 0 Å². The molecule has 0 aromatic heterocycles. The van der Waals surface area contributed by atoms with Crippen LogP contribution in [0.2, 0.25) is 0 Å². The SMILES string of the molecule is CCCC1CCN(C(CN)CC(=O)N(C)C)C1. The minimum Gasteiger partial charge on any atom is -0.349 e. The van der Waals surface area contributed by atoms with Crippen LogP contribution in [0, 0.1) is 5.92 Å². The predicted octanol–water partition coefficient (Wildman–Crippen LogP) is 0.914. The lowest BCUT2D eigenvalue weighted by molar-refractivity contribution is -0.129. The molecule has 4 nitrogen and oxygen atoms in total. The Morgan fingerprint density at radius 3 is 2.76 bits per heavy atom. The maximum atomic E-state index is 11.7. The fourth-order valence-corrected chi connectivity index (χ4v) is 2.58. The molecular weight excluding hydrogens is 214 g/mol. The average molecular weight is 241 g/mol. The summed E-state index contributed by atoms with van der Waals surface area (Å²) in [7, 11) is 3.61. The average Bonchev–Trinajstić information content (AvgIpc) is 2.74. The molecule has 0 aromatic carbocycles. The van der Waals surface area contributed by atoms with Gasteiger partial charge in [-0.2, -0.15) is 0 Å². The van der Waals surface area contributed by atoms with Crippen molar-refractivity contribution < 1.29 is 4.79 Å². The second-order valence-corrected chi connectivity index (χ2v) is 5.32. The maximum Gasteiger partial charge on any atom is 0.223 e. The Labute approximate surface area is 105 Å². The zero-order chi connectivity index (χ0) is 12.8. The monoisotopic (exact) mass is 241 g/mol. The molecule has 1 amide bonds. The summed E-state index contributed by atoms with van der Waals surface area (Å²) in [5.41, 5.74) is 5.81. The highest BCUT2D eigenvalue weighted by Crippen LogP contribution is 2.23. The molecule has 0 aromatic rings. The van der Waals surface area contributed by atoms with Crippen LogP contribution in [0.15, 0.2) is 0 Å². The summed E-state index contributed by atoms with van der Waals surface area (Å²) < 4.78 is 0. The van der Waals surface area contributed by atoms with E-state index in [0.717, 1.165) is 19.0 Å². The fraction of sp³-hybridized carbons (Fsp3) is 0.923. The summed E-state index contributed by atoms with van der Waals surface area (Å²) in [5.74, 6) is 0.989. The standard InChI is InChI=1S/C13H27N3O/c1-4-5-11-6-7-16(10-11)12(9-14)8-13(17)15(2)3/h11-12H,4-10,14H2,1-3H3. The number of nitrogens with zero attached hydrogens (tertiary/aromatic N) is 2. The van der Waals surface area contributed by atoms with E-state index < -0.39 is 0 Å². The summed E-state index contributed by atoms with van der Waals surface area (Å²) in [4.78, 5) is 15.8. The molecule has 1 heterocycles. The van der Waals surface area contributed by atoms with Crippen molar-refractivity contribution in [3.05, 3.63) is 0 Å². The summed E-state index contributed by atoms with van der Waals surface area (Å²) in [6, 6.07) is 0.228. The third-order valence-electron chi connectivity index (χ3n) is 3.71. The first-order chi connectivity index (χ1) is 8.08. The third kappa shape index (κ3) is 4.28. The molecule has 0 radical (unpaired) electrons. The van der Waals surface area contributed by atoms with Crippen molar-refractivity contribution in [2.24, 2.45) is 11.7 Å². The van der Waals surface area contributed by atoms with E-state index in [9.17, 15) is 4.79 Å². The van der Waals surface area contributed by atoms with E-state index in [1.54, 1.807) is 19.0 Å². The Balaban J connectivity index is 2.43. The van der Waals surface area contributed by atoms with Gasteiger partial charge in [0, 0.05) is 39.6 Å². The van der Waals surface area contributed by atoms with E-state index in [1.807, 2.05) is 0 Å². The second kappa shape index (κ2) is 6.97. The van der Waals surface area contributed by atoms with Crippen molar-refractivity contribution in [1.82, 2.24) is 9.80 Å². The normalized spacial score (nSPS) is 22.7. The third-order valence-corrected chi connectivity index (χ3v) is 3.71. The van der Waals surface area contributed by atoms with Crippen LogP contribution in [-0.4, -0.2) is 55.5 Å². The molecule has 100 valence electrons. The quantitative estimate of drug-likeness (QED) is 0.752. The lowest BCUT2D eigenvalue weighted by Crippen LogP contribution is -2.42. The number of hydrogen-bond acceptors (Lipinski definition) is 3. The van der Waals surface area contributed by atoms with E-state index >= 15 is 0 Å². The van der Waals surface area contributed by atoms with Crippen LogP contribution < -0.4 is 5.73 Å². The minimum absolute atomic E-state index is 0.180. The first-order valence-corrected chi connectivity index (χ1v) is 6.72. The highest BCUT2D eigenvalue weighted by molar-refractivity contribution is 5.76. The number of amides is 1. The maximum absolute atomic E-state index is 11.7. The molecule has 0 saturated carbocycles. The Morgan fingerprint density at radius 1 is 1.53 bits per heavy atom. The van der Waals surface area contributed by atoms with Crippen molar-refractivity contribution in [2.45, 2.75) is 38.6 Å². The van der Waals surface area contributed by atoms with Gasteiger partial charge in [-0.15, -0.1) is 0 Å². The fourth-order valence-electron chi connectivity index (χ4n) is 2.58. The van der Waals surface area contributed by atoms with Crippen LogP contribution >= 0.6 is 0 Å². The molecule has 0 spiro atoms. The lowest BCUT2D eigenvalue weighted by Gasteiger charge is -2.27. The summed E-state index contributed by atoms with van der Waals surface area (Å²) in [5, 5.41) is 0. The largest absolute Gasteiger partial charge is 0.349 e. The van der Waals surface area contributed by atoms with Gasteiger partial charge in [0.05, 0.1) is 0 Å². The number of hydrogen-bond donors (Lipinski definition) is 1. The van der Waals surface area contributed by atoms with Gasteiger partial charge in [-0.1, -0.05) is 13.3 Å². The van der Waals surface area contributed by atoms with Gasteiger partial charge in [-0.05, 0) is 25.3 Å². The molecule has 0 aliphatic carbocycles. The van der Waals surface area contributed by atoms with Crippen molar-refractivity contribution in [2.75, 3.05) is 33.7 Å². The van der Waals surface area contributed by atoms with Crippen molar-refractivity contribution in [3.8, 4) is 0 Å². The van der Waals surface area contributed by atoms with Gasteiger partial charge in [-0.3, -0.25) is 9.69 Å². The van der Waals surface area contributed by atoms with Gasteiger partial charge in [0.2, 0.25) is 5.91 Å². The zero-order valence-electron chi connectivity index (χ0n) is 11.5. The van der Waals surface area contributed by atoms with Gasteiger partial charge >= 0.3 is 0 Å². The summed E-state index contributed by atoms with van der Waals surface area (Å²) in [6.45, 7) is 5.04. The number of carbonyl (C=O) groups is 1. The highest BCUT2D eigenvalue weighted by Gasteiger charge is 2.28. The van der Waals surface area contributed by atoms with Crippen LogP contribution in [-0.2, 0) is 4.79 Å². The van der Waals surface area contributed by atoms with Crippen molar-refractivity contribution in [1.29, 1.82) is 0 Å². The minimum atomic E-state index is 0.180.